The van der Waals surface area contributed by atoms with Crippen LogP contribution in [0.4, 0.5) is 13.2 Å². The molecule has 0 fully saturated rings. The molecule has 7 nitrogen and oxygen atoms in total. The van der Waals surface area contributed by atoms with E-state index in [1.807, 2.05) is 30.3 Å². The van der Waals surface area contributed by atoms with E-state index in [2.05, 4.69) is 19.7 Å². The lowest BCUT2D eigenvalue weighted by molar-refractivity contribution is -0.274. The molecule has 168 valence electrons. The molecular weight excluding hydrogens is 445 g/mol. The zero-order chi connectivity index (χ0) is 23.9. The molecule has 34 heavy (non-hydrogen) atoms. The molecule has 3 heterocycles. The molecule has 0 spiro atoms. The van der Waals surface area contributed by atoms with Gasteiger partial charge in [-0.15, -0.1) is 18.2 Å². The van der Waals surface area contributed by atoms with Gasteiger partial charge in [0.2, 0.25) is 11.8 Å². The number of aryl methyl sites for hydroxylation is 1. The number of alkyl halides is 3. The molecule has 5 aromatic rings. The van der Waals surface area contributed by atoms with Gasteiger partial charge in [0.05, 0.1) is 22.7 Å². The van der Waals surface area contributed by atoms with Crippen molar-refractivity contribution >= 4 is 21.9 Å². The Hall–Kier alpha value is -4.65. The Morgan fingerprint density at radius 1 is 1.03 bits per heavy atom. The minimum absolute atomic E-state index is 0.295. The van der Waals surface area contributed by atoms with Crippen molar-refractivity contribution in [2.75, 3.05) is 0 Å². The van der Waals surface area contributed by atoms with Gasteiger partial charge < -0.3 is 9.30 Å². The lowest BCUT2D eigenvalue weighted by atomic mass is 10.0. The third-order valence-corrected chi connectivity index (χ3v) is 5.38. The number of hydrogen-bond acceptors (Lipinski definition) is 5. The fraction of sp³-hybridized carbons (Fsp3) is 0.0833. The summed E-state index contributed by atoms with van der Waals surface area (Å²) in [5.74, 6) is -0.346. The molecule has 0 saturated carbocycles. The first-order chi connectivity index (χ1) is 16.4. The fourth-order valence-corrected chi connectivity index (χ4v) is 3.93. The molecule has 0 aliphatic heterocycles. The number of fused-ring (bicyclic) bond motifs is 3. The van der Waals surface area contributed by atoms with Gasteiger partial charge in [-0.2, -0.15) is 5.26 Å². The summed E-state index contributed by atoms with van der Waals surface area (Å²) < 4.78 is 45.2. The van der Waals surface area contributed by atoms with E-state index in [1.165, 1.54) is 24.3 Å². The lowest BCUT2D eigenvalue weighted by Crippen LogP contribution is -2.23. The molecular formula is C24H15F3N6O. The Balaban J connectivity index is 1.81. The summed E-state index contributed by atoms with van der Waals surface area (Å²) in [6, 6.07) is 15.0. The third kappa shape index (κ3) is 3.73. The molecule has 5 rings (SSSR count). The van der Waals surface area contributed by atoms with E-state index in [0.29, 0.717) is 27.9 Å². The maximum absolute atomic E-state index is 12.6. The van der Waals surface area contributed by atoms with Gasteiger partial charge >= 0.3 is 6.36 Å². The highest BCUT2D eigenvalue weighted by atomic mass is 19.4. The largest absolute Gasteiger partial charge is 0.573 e. The summed E-state index contributed by atoms with van der Waals surface area (Å²) in [4.78, 5) is 12.7. The van der Waals surface area contributed by atoms with Gasteiger partial charge in [-0.25, -0.2) is 0 Å². The molecule has 0 N–H and O–H groups in total. The molecule has 0 aliphatic carbocycles. The molecule has 3 aromatic heterocycles. The van der Waals surface area contributed by atoms with Crippen LogP contribution in [0, 0.1) is 11.5 Å². The molecule has 0 bridgehead atoms. The molecule has 0 aliphatic rings. The van der Waals surface area contributed by atoms with E-state index in [9.17, 15) is 18.4 Å². The number of aromatic nitrogens is 4. The van der Waals surface area contributed by atoms with Gasteiger partial charge in [0.15, 0.2) is 0 Å². The van der Waals surface area contributed by atoms with Crippen molar-refractivity contribution < 1.29 is 17.9 Å². The normalized spacial score (nSPS) is 12.3. The Morgan fingerprint density at radius 3 is 2.50 bits per heavy atom. The van der Waals surface area contributed by atoms with E-state index in [0.717, 1.165) is 16.5 Å². The number of imidazole rings is 1. The minimum atomic E-state index is -4.79. The molecule has 10 heteroatoms. The van der Waals surface area contributed by atoms with Crippen LogP contribution in [0.15, 0.2) is 78.2 Å². The van der Waals surface area contributed by atoms with Crippen LogP contribution in [0.3, 0.4) is 0 Å². The minimum Gasteiger partial charge on any atom is -0.406 e. The molecule has 0 radical (unpaired) electrons. The van der Waals surface area contributed by atoms with Crippen molar-refractivity contribution in [3.8, 4) is 28.8 Å². The molecule has 0 saturated heterocycles. The van der Waals surface area contributed by atoms with Gasteiger partial charge in [0, 0.05) is 36.1 Å². The molecule has 0 unspecified atom stereocenters. The van der Waals surface area contributed by atoms with E-state index in [-0.39, 0.29) is 5.75 Å². The van der Waals surface area contributed by atoms with Crippen LogP contribution in [-0.2, 0) is 7.05 Å². The van der Waals surface area contributed by atoms with Crippen molar-refractivity contribution in [2.24, 2.45) is 12.0 Å². The zero-order valence-corrected chi connectivity index (χ0v) is 17.7. The van der Waals surface area contributed by atoms with Crippen molar-refractivity contribution in [2.45, 2.75) is 6.36 Å². The second kappa shape index (κ2) is 8.04. The highest BCUT2D eigenvalue weighted by molar-refractivity contribution is 6.04. The maximum atomic E-state index is 12.6. The van der Waals surface area contributed by atoms with Crippen LogP contribution in [0.25, 0.3) is 38.8 Å². The van der Waals surface area contributed by atoms with Crippen LogP contribution in [0.2, 0.25) is 0 Å². The zero-order valence-electron chi connectivity index (χ0n) is 17.7. The Labute approximate surface area is 190 Å². The second-order valence-corrected chi connectivity index (χ2v) is 7.41. The Kier molecular flexibility index (Phi) is 5.02. The summed E-state index contributed by atoms with van der Waals surface area (Å²) in [7, 11) is 1.74. The first-order valence-corrected chi connectivity index (χ1v) is 10.1. The summed E-state index contributed by atoms with van der Waals surface area (Å²) in [5, 5.41) is 10.1. The number of benzene rings is 2. The average Bonchev–Trinajstić information content (AvgIpc) is 3.11. The first-order valence-electron chi connectivity index (χ1n) is 10.1. The topological polar surface area (TPSA) is 81.0 Å². The Morgan fingerprint density at radius 2 is 1.82 bits per heavy atom. The molecule has 0 atom stereocenters. The third-order valence-electron chi connectivity index (χ3n) is 5.38. The van der Waals surface area contributed by atoms with E-state index in [4.69, 9.17) is 0 Å². The summed E-state index contributed by atoms with van der Waals surface area (Å²) in [5.41, 5.74) is 4.74. The predicted octanol–water partition coefficient (Wildman–Crippen LogP) is 4.86. The smallest absolute Gasteiger partial charge is 0.406 e. The number of rotatable bonds is 3. The SMILES string of the molecule is Cn1c(=NC#N)n(-c2ccc(OC(F)(F)F)cc2)c2c3cc(-c4cccnc4)ccc3ncc21. The quantitative estimate of drug-likeness (QED) is 0.360. The van der Waals surface area contributed by atoms with Crippen LogP contribution in [0.1, 0.15) is 0 Å². The van der Waals surface area contributed by atoms with Crippen LogP contribution in [-0.4, -0.2) is 25.5 Å². The van der Waals surface area contributed by atoms with E-state index in [1.54, 1.807) is 41.0 Å². The van der Waals surface area contributed by atoms with Crippen molar-refractivity contribution in [3.05, 3.63) is 78.8 Å². The summed E-state index contributed by atoms with van der Waals surface area (Å²) in [6.45, 7) is 0. The van der Waals surface area contributed by atoms with Gasteiger partial charge in [-0.1, -0.05) is 12.1 Å². The first kappa shape index (κ1) is 21.2. The number of nitriles is 1. The summed E-state index contributed by atoms with van der Waals surface area (Å²) in [6.07, 6.45) is 2.13. The second-order valence-electron chi connectivity index (χ2n) is 7.41. The fourth-order valence-electron chi connectivity index (χ4n) is 3.93. The predicted molar refractivity (Wildman–Crippen MR) is 119 cm³/mol. The standard InChI is InChI=1S/C24H15F3N6O/c1-32-21-13-30-20-9-4-15(16-3-2-10-29-12-16)11-19(20)22(21)33(23(32)31-14-28)17-5-7-18(8-6-17)34-24(25,26)27/h2-13H,1H3. The number of hydrogen-bond donors (Lipinski definition) is 0. The van der Waals surface area contributed by atoms with Gasteiger partial charge in [0.1, 0.15) is 5.75 Å². The average molecular weight is 460 g/mol. The summed E-state index contributed by atoms with van der Waals surface area (Å²) >= 11 is 0. The highest BCUT2D eigenvalue weighted by Crippen LogP contribution is 2.30. The van der Waals surface area contributed by atoms with Crippen molar-refractivity contribution in [3.63, 3.8) is 0 Å². The maximum Gasteiger partial charge on any atom is 0.573 e. The van der Waals surface area contributed by atoms with Gasteiger partial charge in [-0.05, 0) is 48.0 Å². The van der Waals surface area contributed by atoms with Crippen LogP contribution in [0.5, 0.6) is 5.75 Å². The molecule has 2 aromatic carbocycles. The van der Waals surface area contributed by atoms with Crippen LogP contribution < -0.4 is 10.4 Å². The van der Waals surface area contributed by atoms with Crippen molar-refractivity contribution in [1.82, 2.24) is 19.1 Å². The number of halogens is 3. The highest BCUT2D eigenvalue weighted by Gasteiger charge is 2.31. The van der Waals surface area contributed by atoms with Crippen molar-refractivity contribution in [1.29, 1.82) is 5.26 Å². The monoisotopic (exact) mass is 460 g/mol. The lowest BCUT2D eigenvalue weighted by Gasteiger charge is -2.11. The molecule has 0 amide bonds. The van der Waals surface area contributed by atoms with Gasteiger partial charge in [-0.3, -0.25) is 14.5 Å². The Bertz CT molecular complexity index is 1630. The number of ether oxygens (including phenoxy) is 1. The van der Waals surface area contributed by atoms with Gasteiger partial charge in [0.25, 0.3) is 0 Å². The van der Waals surface area contributed by atoms with Crippen LogP contribution >= 0.6 is 0 Å². The number of pyridine rings is 2. The van der Waals surface area contributed by atoms with E-state index >= 15 is 0 Å². The van der Waals surface area contributed by atoms with E-state index < -0.39 is 6.36 Å². The number of nitrogens with zero attached hydrogens (tertiary/aromatic N) is 6.